The highest BCUT2D eigenvalue weighted by Crippen LogP contribution is 2.26. The van der Waals surface area contributed by atoms with E-state index in [1.54, 1.807) is 24.3 Å². The van der Waals surface area contributed by atoms with Crippen molar-refractivity contribution in [3.8, 4) is 0 Å². The number of esters is 1. The van der Waals surface area contributed by atoms with Gasteiger partial charge in [-0.1, -0.05) is 24.3 Å². The summed E-state index contributed by atoms with van der Waals surface area (Å²) in [6.07, 6.45) is 0.938. The summed E-state index contributed by atoms with van der Waals surface area (Å²) in [6, 6.07) is 15.3. The zero-order valence-electron chi connectivity index (χ0n) is 14.0. The van der Waals surface area contributed by atoms with Crippen molar-refractivity contribution in [3.63, 3.8) is 0 Å². The maximum Gasteiger partial charge on any atom is 0.337 e. The summed E-state index contributed by atoms with van der Waals surface area (Å²) in [6.45, 7) is 1.32. The number of carbonyl (C=O) groups excluding carboxylic acids is 1. The number of anilines is 1. The Bertz CT molecular complexity index is 762. The molecule has 1 atom stereocenters. The molecule has 0 aliphatic carbocycles. The maximum atomic E-state index is 11.4. The van der Waals surface area contributed by atoms with Gasteiger partial charge in [-0.15, -0.1) is 0 Å². The van der Waals surface area contributed by atoms with E-state index in [2.05, 4.69) is 33.6 Å². The van der Waals surface area contributed by atoms with Crippen molar-refractivity contribution in [1.29, 1.82) is 0 Å². The van der Waals surface area contributed by atoms with Crippen LogP contribution in [0.15, 0.2) is 48.5 Å². The van der Waals surface area contributed by atoms with Gasteiger partial charge in [0.05, 0.1) is 19.3 Å². The predicted molar refractivity (Wildman–Crippen MR) is 101 cm³/mol. The minimum absolute atomic E-state index is 0.00796. The van der Waals surface area contributed by atoms with Crippen LogP contribution in [0.1, 0.15) is 27.6 Å². The topological polar surface area (TPSA) is 59.6 Å². The van der Waals surface area contributed by atoms with Gasteiger partial charge in [-0.3, -0.25) is 0 Å². The number of fused-ring (bicyclic) bond motifs is 1. The first-order valence-electron chi connectivity index (χ1n) is 8.10. The summed E-state index contributed by atoms with van der Waals surface area (Å²) in [4.78, 5) is 11.4. The third-order valence-corrected chi connectivity index (χ3v) is 4.35. The van der Waals surface area contributed by atoms with E-state index >= 15 is 0 Å². The smallest absolute Gasteiger partial charge is 0.337 e. The molecule has 0 amide bonds. The molecule has 0 fully saturated rings. The summed E-state index contributed by atoms with van der Waals surface area (Å²) in [7, 11) is 1.36. The maximum absolute atomic E-state index is 11.4. The number of benzene rings is 2. The fraction of sp³-hybridized carbons (Fsp3) is 0.263. The minimum Gasteiger partial charge on any atom is -0.465 e. The Labute approximate surface area is 152 Å². The van der Waals surface area contributed by atoms with E-state index in [1.807, 2.05) is 6.07 Å². The van der Waals surface area contributed by atoms with E-state index < -0.39 is 0 Å². The second kappa shape index (κ2) is 8.09. The number of hydrogen-bond donors (Lipinski definition) is 2. The number of ether oxygens (including phenoxy) is 2. The van der Waals surface area contributed by atoms with Gasteiger partial charge in [0, 0.05) is 12.2 Å². The molecule has 6 heteroatoms. The van der Waals surface area contributed by atoms with E-state index in [4.69, 9.17) is 17.0 Å². The number of nitrogens with one attached hydrogen (secondary N) is 2. The normalized spacial score (nSPS) is 15.8. The van der Waals surface area contributed by atoms with Gasteiger partial charge in [0.15, 0.2) is 5.11 Å². The molecule has 2 N–H and O–H groups in total. The molecule has 5 nitrogen and oxygen atoms in total. The molecule has 3 rings (SSSR count). The monoisotopic (exact) mass is 356 g/mol. The van der Waals surface area contributed by atoms with Crippen LogP contribution in [0.5, 0.6) is 0 Å². The third kappa shape index (κ3) is 4.35. The third-order valence-electron chi connectivity index (χ3n) is 4.10. The molecule has 0 unspecified atom stereocenters. The first-order valence-corrected chi connectivity index (χ1v) is 8.51. The summed E-state index contributed by atoms with van der Waals surface area (Å²) >= 11 is 5.34. The zero-order chi connectivity index (χ0) is 17.6. The highest BCUT2D eigenvalue weighted by atomic mass is 32.1. The van der Waals surface area contributed by atoms with E-state index in [-0.39, 0.29) is 12.1 Å². The van der Waals surface area contributed by atoms with Gasteiger partial charge in [-0.2, -0.15) is 0 Å². The van der Waals surface area contributed by atoms with Gasteiger partial charge >= 0.3 is 5.97 Å². The standard InChI is InChI=1S/C19H20N2O3S/c1-23-18(22)14-6-8-15(9-7-14)21-19(25)20-12-17-16-5-3-2-4-13(16)10-11-24-17/h2-9,17H,10-12H2,1H3,(H2,20,21,25)/t17-/m1/s1. The second-order valence-corrected chi connectivity index (χ2v) is 6.12. The molecule has 0 spiro atoms. The quantitative estimate of drug-likeness (QED) is 0.649. The highest BCUT2D eigenvalue weighted by molar-refractivity contribution is 7.80. The van der Waals surface area contributed by atoms with Crippen molar-refractivity contribution in [2.24, 2.45) is 0 Å². The van der Waals surface area contributed by atoms with E-state index in [0.717, 1.165) is 18.7 Å². The molecular weight excluding hydrogens is 336 g/mol. The Morgan fingerprint density at radius 3 is 2.76 bits per heavy atom. The van der Waals surface area contributed by atoms with Crippen LogP contribution < -0.4 is 10.6 Å². The lowest BCUT2D eigenvalue weighted by atomic mass is 9.98. The first-order chi connectivity index (χ1) is 12.2. The lowest BCUT2D eigenvalue weighted by Gasteiger charge is -2.26. The molecule has 0 saturated heterocycles. The molecule has 2 aromatic rings. The van der Waals surface area contributed by atoms with Gasteiger partial charge in [-0.25, -0.2) is 4.79 Å². The fourth-order valence-electron chi connectivity index (χ4n) is 2.81. The van der Waals surface area contributed by atoms with Gasteiger partial charge in [0.1, 0.15) is 6.10 Å². The molecule has 1 heterocycles. The SMILES string of the molecule is COC(=O)c1ccc(NC(=S)NC[C@H]2OCCc3ccccc32)cc1. The Morgan fingerprint density at radius 1 is 1.24 bits per heavy atom. The highest BCUT2D eigenvalue weighted by Gasteiger charge is 2.20. The average molecular weight is 356 g/mol. The van der Waals surface area contributed by atoms with Crippen molar-refractivity contribution < 1.29 is 14.3 Å². The number of carbonyl (C=O) groups is 1. The summed E-state index contributed by atoms with van der Waals surface area (Å²) < 4.78 is 10.5. The number of methoxy groups -OCH3 is 1. The lowest BCUT2D eigenvalue weighted by molar-refractivity contribution is 0.0456. The van der Waals surface area contributed by atoms with Crippen molar-refractivity contribution in [1.82, 2.24) is 5.32 Å². The van der Waals surface area contributed by atoms with Crippen LogP contribution in [0.3, 0.4) is 0 Å². The van der Waals surface area contributed by atoms with Crippen LogP contribution >= 0.6 is 12.2 Å². The number of rotatable bonds is 4. The van der Waals surface area contributed by atoms with Crippen molar-refractivity contribution in [2.75, 3.05) is 25.6 Å². The molecule has 0 radical (unpaired) electrons. The fourth-order valence-corrected chi connectivity index (χ4v) is 3.02. The average Bonchev–Trinajstić information content (AvgIpc) is 2.66. The van der Waals surface area contributed by atoms with Crippen LogP contribution in [-0.2, 0) is 15.9 Å². The number of thiocarbonyl (C=S) groups is 1. The van der Waals surface area contributed by atoms with Gasteiger partial charge in [-0.05, 0) is 54.0 Å². The van der Waals surface area contributed by atoms with Gasteiger partial charge < -0.3 is 20.1 Å². The summed E-state index contributed by atoms with van der Waals surface area (Å²) in [5.74, 6) is -0.361. The summed E-state index contributed by atoms with van der Waals surface area (Å²) in [5, 5.41) is 6.81. The minimum atomic E-state index is -0.361. The first kappa shape index (κ1) is 17.4. The van der Waals surface area contributed by atoms with Crippen molar-refractivity contribution >= 4 is 29.0 Å². The van der Waals surface area contributed by atoms with Crippen molar-refractivity contribution in [2.45, 2.75) is 12.5 Å². The van der Waals surface area contributed by atoms with Crippen LogP contribution in [0, 0.1) is 0 Å². The molecule has 0 bridgehead atoms. The molecule has 25 heavy (non-hydrogen) atoms. The Kier molecular flexibility index (Phi) is 5.63. The molecule has 0 saturated carbocycles. The van der Waals surface area contributed by atoms with Crippen LogP contribution in [-0.4, -0.2) is 31.3 Å². The van der Waals surface area contributed by atoms with Gasteiger partial charge in [0.2, 0.25) is 0 Å². The van der Waals surface area contributed by atoms with E-state index in [1.165, 1.54) is 18.2 Å². The summed E-state index contributed by atoms with van der Waals surface area (Å²) in [5.41, 5.74) is 3.85. The second-order valence-electron chi connectivity index (χ2n) is 5.71. The van der Waals surface area contributed by atoms with Crippen LogP contribution in [0.4, 0.5) is 5.69 Å². The zero-order valence-corrected chi connectivity index (χ0v) is 14.8. The van der Waals surface area contributed by atoms with Crippen molar-refractivity contribution in [3.05, 3.63) is 65.2 Å². The molecule has 0 aromatic heterocycles. The van der Waals surface area contributed by atoms with Crippen LogP contribution in [0.2, 0.25) is 0 Å². The Hall–Kier alpha value is -2.44. The molecule has 130 valence electrons. The largest absolute Gasteiger partial charge is 0.465 e. The van der Waals surface area contributed by atoms with E-state index in [0.29, 0.717) is 17.2 Å². The Balaban J connectivity index is 1.54. The molecule has 1 aliphatic heterocycles. The molecule has 1 aliphatic rings. The number of hydrogen-bond acceptors (Lipinski definition) is 4. The van der Waals surface area contributed by atoms with Gasteiger partial charge in [0.25, 0.3) is 0 Å². The molecule has 2 aromatic carbocycles. The molecular formula is C19H20N2O3S. The van der Waals surface area contributed by atoms with Crippen LogP contribution in [0.25, 0.3) is 0 Å². The van der Waals surface area contributed by atoms with E-state index in [9.17, 15) is 4.79 Å². The Morgan fingerprint density at radius 2 is 2.00 bits per heavy atom. The predicted octanol–water partition coefficient (Wildman–Crippen LogP) is 3.07. The lowest BCUT2D eigenvalue weighted by Crippen LogP contribution is -2.34.